The Kier molecular flexibility index (Phi) is 5.82. The zero-order valence-corrected chi connectivity index (χ0v) is 13.4. The van der Waals surface area contributed by atoms with Gasteiger partial charge in [-0.3, -0.25) is 4.90 Å². The molecule has 4 heteroatoms. The SMILES string of the molecule is Cc1cccc(CNC(C)CN2CCOCC2)c1Br. The Bertz CT molecular complexity index is 405. The number of ether oxygens (including phenoxy) is 1. The number of nitrogens with zero attached hydrogens (tertiary/aromatic N) is 1. The minimum absolute atomic E-state index is 0.491. The first-order valence-corrected chi connectivity index (χ1v) is 7.73. The predicted octanol–water partition coefficient (Wildman–Crippen LogP) is 2.57. The lowest BCUT2D eigenvalue weighted by atomic mass is 10.1. The van der Waals surface area contributed by atoms with Crippen LogP contribution in [0.2, 0.25) is 0 Å². The molecule has 1 aliphatic heterocycles. The molecule has 1 fully saturated rings. The average Bonchev–Trinajstić information content (AvgIpc) is 2.42. The van der Waals surface area contributed by atoms with Crippen molar-refractivity contribution < 1.29 is 4.74 Å². The van der Waals surface area contributed by atoms with E-state index in [1.165, 1.54) is 15.6 Å². The number of halogens is 1. The molecular formula is C15H23BrN2O. The summed E-state index contributed by atoms with van der Waals surface area (Å²) in [7, 11) is 0. The Morgan fingerprint density at radius 2 is 2.11 bits per heavy atom. The van der Waals surface area contributed by atoms with Crippen LogP contribution in [0, 0.1) is 6.92 Å². The molecule has 1 aromatic carbocycles. The normalized spacial score (nSPS) is 18.5. The number of nitrogens with one attached hydrogen (secondary N) is 1. The van der Waals surface area contributed by atoms with E-state index < -0.39 is 0 Å². The molecule has 1 N–H and O–H groups in total. The number of hydrogen-bond acceptors (Lipinski definition) is 3. The molecule has 1 aliphatic rings. The lowest BCUT2D eigenvalue weighted by Crippen LogP contribution is -2.44. The van der Waals surface area contributed by atoms with Gasteiger partial charge in [-0.2, -0.15) is 0 Å². The van der Waals surface area contributed by atoms with Gasteiger partial charge in [-0.25, -0.2) is 0 Å². The molecule has 1 aromatic rings. The first-order chi connectivity index (χ1) is 9.16. The number of rotatable bonds is 5. The summed E-state index contributed by atoms with van der Waals surface area (Å²) in [6.07, 6.45) is 0. The van der Waals surface area contributed by atoms with Crippen LogP contribution in [0.4, 0.5) is 0 Å². The van der Waals surface area contributed by atoms with Crippen molar-refractivity contribution in [1.29, 1.82) is 0 Å². The molecular weight excluding hydrogens is 304 g/mol. The third-order valence-corrected chi connectivity index (χ3v) is 4.68. The van der Waals surface area contributed by atoms with E-state index in [0.29, 0.717) is 6.04 Å². The first-order valence-electron chi connectivity index (χ1n) is 6.94. The van der Waals surface area contributed by atoms with E-state index in [9.17, 15) is 0 Å². The lowest BCUT2D eigenvalue weighted by molar-refractivity contribution is 0.0343. The van der Waals surface area contributed by atoms with Crippen molar-refractivity contribution in [1.82, 2.24) is 10.2 Å². The average molecular weight is 327 g/mol. The third kappa shape index (κ3) is 4.56. The molecule has 0 aliphatic carbocycles. The summed E-state index contributed by atoms with van der Waals surface area (Å²) in [5.41, 5.74) is 2.62. The maximum absolute atomic E-state index is 5.37. The molecule has 0 amide bonds. The van der Waals surface area contributed by atoms with Crippen molar-refractivity contribution in [2.24, 2.45) is 0 Å². The molecule has 3 nitrogen and oxygen atoms in total. The summed E-state index contributed by atoms with van der Waals surface area (Å²) < 4.78 is 6.59. The molecule has 1 atom stereocenters. The van der Waals surface area contributed by atoms with E-state index in [0.717, 1.165) is 39.4 Å². The van der Waals surface area contributed by atoms with Crippen molar-refractivity contribution in [2.75, 3.05) is 32.8 Å². The van der Waals surface area contributed by atoms with Crippen LogP contribution in [0.25, 0.3) is 0 Å². The van der Waals surface area contributed by atoms with Gasteiger partial charge in [-0.15, -0.1) is 0 Å². The van der Waals surface area contributed by atoms with Gasteiger partial charge in [0.05, 0.1) is 13.2 Å². The standard InChI is InChI=1S/C15H23BrN2O/c1-12-4-3-5-14(15(12)16)10-17-13(2)11-18-6-8-19-9-7-18/h3-5,13,17H,6-11H2,1-2H3. The predicted molar refractivity (Wildman–Crippen MR) is 82.4 cm³/mol. The van der Waals surface area contributed by atoms with Crippen LogP contribution < -0.4 is 5.32 Å². The fourth-order valence-electron chi connectivity index (χ4n) is 2.36. The topological polar surface area (TPSA) is 24.5 Å². The summed E-state index contributed by atoms with van der Waals surface area (Å²) in [4.78, 5) is 2.46. The number of aryl methyl sites for hydroxylation is 1. The number of morpholine rings is 1. The van der Waals surface area contributed by atoms with Crippen molar-refractivity contribution in [3.63, 3.8) is 0 Å². The van der Waals surface area contributed by atoms with Crippen LogP contribution in [-0.4, -0.2) is 43.8 Å². The second-order valence-corrected chi connectivity index (χ2v) is 6.04. The second-order valence-electron chi connectivity index (χ2n) is 5.24. The Hall–Kier alpha value is -0.420. The molecule has 1 unspecified atom stereocenters. The molecule has 0 radical (unpaired) electrons. The van der Waals surface area contributed by atoms with Crippen molar-refractivity contribution in [3.8, 4) is 0 Å². The Balaban J connectivity index is 1.79. The van der Waals surface area contributed by atoms with Crippen LogP contribution >= 0.6 is 15.9 Å². The van der Waals surface area contributed by atoms with Crippen LogP contribution in [0.15, 0.2) is 22.7 Å². The van der Waals surface area contributed by atoms with Crippen molar-refractivity contribution in [2.45, 2.75) is 26.4 Å². The molecule has 0 bridgehead atoms. The van der Waals surface area contributed by atoms with Gasteiger partial charge in [0.1, 0.15) is 0 Å². The Labute approximate surface area is 124 Å². The summed E-state index contributed by atoms with van der Waals surface area (Å²) >= 11 is 3.66. The highest BCUT2D eigenvalue weighted by Gasteiger charge is 2.13. The maximum Gasteiger partial charge on any atom is 0.0594 e. The van der Waals surface area contributed by atoms with Crippen LogP contribution in [0.3, 0.4) is 0 Å². The van der Waals surface area contributed by atoms with Crippen LogP contribution in [0.5, 0.6) is 0 Å². The number of benzene rings is 1. The Morgan fingerprint density at radius 1 is 1.37 bits per heavy atom. The summed E-state index contributed by atoms with van der Waals surface area (Å²) in [6.45, 7) is 10.2. The summed E-state index contributed by atoms with van der Waals surface area (Å²) in [6, 6.07) is 6.91. The molecule has 106 valence electrons. The van der Waals surface area contributed by atoms with Gasteiger partial charge in [0, 0.05) is 36.7 Å². The van der Waals surface area contributed by atoms with Crippen molar-refractivity contribution in [3.05, 3.63) is 33.8 Å². The summed E-state index contributed by atoms with van der Waals surface area (Å²) in [5, 5.41) is 3.60. The van der Waals surface area contributed by atoms with Gasteiger partial charge in [-0.05, 0) is 25.0 Å². The van der Waals surface area contributed by atoms with Gasteiger partial charge >= 0.3 is 0 Å². The van der Waals surface area contributed by atoms with Gasteiger partial charge in [-0.1, -0.05) is 34.1 Å². The van der Waals surface area contributed by atoms with Crippen LogP contribution in [0.1, 0.15) is 18.1 Å². The highest BCUT2D eigenvalue weighted by Crippen LogP contribution is 2.20. The van der Waals surface area contributed by atoms with Crippen molar-refractivity contribution >= 4 is 15.9 Å². The summed E-state index contributed by atoms with van der Waals surface area (Å²) in [5.74, 6) is 0. The molecule has 2 rings (SSSR count). The minimum Gasteiger partial charge on any atom is -0.379 e. The Morgan fingerprint density at radius 3 is 2.84 bits per heavy atom. The minimum atomic E-state index is 0.491. The fourth-order valence-corrected chi connectivity index (χ4v) is 2.77. The van der Waals surface area contributed by atoms with Gasteiger partial charge < -0.3 is 10.1 Å². The maximum atomic E-state index is 5.37. The first kappa shape index (κ1) is 15.0. The van der Waals surface area contributed by atoms with Gasteiger partial charge in [0.2, 0.25) is 0 Å². The smallest absolute Gasteiger partial charge is 0.0594 e. The quantitative estimate of drug-likeness (QED) is 0.900. The van der Waals surface area contributed by atoms with Gasteiger partial charge in [0.25, 0.3) is 0 Å². The molecule has 1 heterocycles. The molecule has 0 spiro atoms. The van der Waals surface area contributed by atoms with Gasteiger partial charge in [0.15, 0.2) is 0 Å². The fraction of sp³-hybridized carbons (Fsp3) is 0.600. The van der Waals surface area contributed by atoms with E-state index in [1.54, 1.807) is 0 Å². The molecule has 1 saturated heterocycles. The molecule has 0 saturated carbocycles. The lowest BCUT2D eigenvalue weighted by Gasteiger charge is -2.29. The van der Waals surface area contributed by atoms with Crippen LogP contribution in [-0.2, 0) is 11.3 Å². The van der Waals surface area contributed by atoms with E-state index >= 15 is 0 Å². The third-order valence-electron chi connectivity index (χ3n) is 3.55. The number of hydrogen-bond donors (Lipinski definition) is 1. The highest BCUT2D eigenvalue weighted by atomic mass is 79.9. The van der Waals surface area contributed by atoms with E-state index in [2.05, 4.69) is 58.2 Å². The monoisotopic (exact) mass is 326 g/mol. The van der Waals surface area contributed by atoms with E-state index in [-0.39, 0.29) is 0 Å². The molecule has 0 aromatic heterocycles. The largest absolute Gasteiger partial charge is 0.379 e. The van der Waals surface area contributed by atoms with E-state index in [1.807, 2.05) is 0 Å². The van der Waals surface area contributed by atoms with E-state index in [4.69, 9.17) is 4.74 Å². The second kappa shape index (κ2) is 7.39. The zero-order valence-electron chi connectivity index (χ0n) is 11.8. The highest BCUT2D eigenvalue weighted by molar-refractivity contribution is 9.10. The molecule has 19 heavy (non-hydrogen) atoms. The zero-order chi connectivity index (χ0) is 13.7.